The minimum atomic E-state index is -0.381. The van der Waals surface area contributed by atoms with Crippen molar-refractivity contribution in [1.82, 2.24) is 9.88 Å². The highest BCUT2D eigenvalue weighted by molar-refractivity contribution is 6.29. The molecule has 0 fully saturated rings. The lowest BCUT2D eigenvalue weighted by Gasteiger charge is -2.13. The van der Waals surface area contributed by atoms with Crippen LogP contribution in [0.5, 0.6) is 0 Å². The van der Waals surface area contributed by atoms with Crippen molar-refractivity contribution in [2.24, 2.45) is 0 Å². The molecule has 0 atom stereocenters. The molecule has 1 aromatic heterocycles. The molecule has 0 unspecified atom stereocenters. The van der Waals surface area contributed by atoms with E-state index in [4.69, 9.17) is 0 Å². The summed E-state index contributed by atoms with van der Waals surface area (Å²) in [5.74, 6) is -1.04. The molecule has 0 bridgehead atoms. The van der Waals surface area contributed by atoms with E-state index in [1.165, 1.54) is 17.0 Å². The third-order valence-corrected chi connectivity index (χ3v) is 4.84. The number of rotatable bonds is 2. The van der Waals surface area contributed by atoms with Gasteiger partial charge in [0.15, 0.2) is 0 Å². The maximum Gasteiger partial charge on any atom is 0.262 e. The first-order valence-corrected chi connectivity index (χ1v) is 8.27. The number of nitrogens with one attached hydrogen (secondary N) is 1. The van der Waals surface area contributed by atoms with Crippen LogP contribution in [0.4, 0.5) is 4.39 Å². The number of aromatic amines is 1. The lowest BCUT2D eigenvalue weighted by Crippen LogP contribution is -2.29. The van der Waals surface area contributed by atoms with Gasteiger partial charge in [0.2, 0.25) is 0 Å². The normalized spacial score (nSPS) is 13.8. The van der Waals surface area contributed by atoms with Crippen molar-refractivity contribution in [3.63, 3.8) is 0 Å². The summed E-state index contributed by atoms with van der Waals surface area (Å²) in [5, 5.41) is 1.21. The quantitative estimate of drug-likeness (QED) is 0.553. The number of carbonyl (C=O) groups is 2. The van der Waals surface area contributed by atoms with Crippen LogP contribution in [-0.4, -0.2) is 21.7 Å². The van der Waals surface area contributed by atoms with Crippen LogP contribution in [-0.2, 0) is 6.54 Å². The Kier molecular flexibility index (Phi) is 3.00. The molecule has 5 heteroatoms. The molecule has 1 aliphatic heterocycles. The molecular formula is C21H13FN2O2. The number of hydrogen-bond acceptors (Lipinski definition) is 2. The van der Waals surface area contributed by atoms with Crippen molar-refractivity contribution >= 4 is 33.6 Å². The number of amides is 2. The lowest BCUT2D eigenvalue weighted by molar-refractivity contribution is 0.0643. The van der Waals surface area contributed by atoms with Crippen molar-refractivity contribution in [1.29, 1.82) is 0 Å². The van der Waals surface area contributed by atoms with Crippen LogP contribution in [0.25, 0.3) is 21.8 Å². The fourth-order valence-electron chi connectivity index (χ4n) is 3.65. The van der Waals surface area contributed by atoms with Crippen LogP contribution >= 0.6 is 0 Å². The number of H-pyrrole nitrogens is 1. The zero-order valence-electron chi connectivity index (χ0n) is 13.6. The first-order chi connectivity index (χ1) is 12.6. The van der Waals surface area contributed by atoms with Gasteiger partial charge in [-0.05, 0) is 35.9 Å². The molecule has 126 valence electrons. The number of nitrogens with zero attached hydrogens (tertiary/aromatic N) is 1. The highest BCUT2D eigenvalue weighted by atomic mass is 19.1. The Morgan fingerprint density at radius 1 is 0.885 bits per heavy atom. The highest BCUT2D eigenvalue weighted by Gasteiger charge is 2.37. The molecule has 1 aliphatic rings. The van der Waals surface area contributed by atoms with E-state index in [0.717, 1.165) is 11.1 Å². The molecule has 26 heavy (non-hydrogen) atoms. The second-order valence-corrected chi connectivity index (χ2v) is 6.41. The third kappa shape index (κ3) is 2.00. The average molecular weight is 344 g/mol. The SMILES string of the molecule is O=C1c2ccc3[nH]c4ccc(F)cc4c3c2C(=O)N1Cc1ccccc1. The zero-order chi connectivity index (χ0) is 17.8. The van der Waals surface area contributed by atoms with Gasteiger partial charge >= 0.3 is 0 Å². The molecule has 2 amide bonds. The van der Waals surface area contributed by atoms with Gasteiger partial charge < -0.3 is 4.98 Å². The summed E-state index contributed by atoms with van der Waals surface area (Å²) >= 11 is 0. The summed E-state index contributed by atoms with van der Waals surface area (Å²) < 4.78 is 13.8. The van der Waals surface area contributed by atoms with E-state index in [2.05, 4.69) is 4.98 Å². The van der Waals surface area contributed by atoms with Gasteiger partial charge in [-0.3, -0.25) is 14.5 Å². The number of carbonyl (C=O) groups excluding carboxylic acids is 2. The second-order valence-electron chi connectivity index (χ2n) is 6.41. The molecule has 0 aliphatic carbocycles. The Morgan fingerprint density at radius 2 is 1.65 bits per heavy atom. The molecule has 0 saturated heterocycles. The summed E-state index contributed by atoms with van der Waals surface area (Å²) in [6.07, 6.45) is 0. The Bertz CT molecular complexity index is 1210. The van der Waals surface area contributed by atoms with Crippen molar-refractivity contribution in [2.75, 3.05) is 0 Å². The number of fused-ring (bicyclic) bond motifs is 5. The van der Waals surface area contributed by atoms with E-state index in [1.54, 1.807) is 18.2 Å². The third-order valence-electron chi connectivity index (χ3n) is 4.84. The smallest absolute Gasteiger partial charge is 0.262 e. The molecule has 1 N–H and O–H groups in total. The van der Waals surface area contributed by atoms with Gasteiger partial charge in [0, 0.05) is 21.8 Å². The van der Waals surface area contributed by atoms with Crippen molar-refractivity contribution < 1.29 is 14.0 Å². The molecule has 0 saturated carbocycles. The summed E-state index contributed by atoms with van der Waals surface area (Å²) in [6.45, 7) is 0.214. The van der Waals surface area contributed by atoms with Crippen LogP contribution in [0.2, 0.25) is 0 Å². The van der Waals surface area contributed by atoms with Gasteiger partial charge in [-0.1, -0.05) is 30.3 Å². The average Bonchev–Trinajstić information content (AvgIpc) is 3.13. The van der Waals surface area contributed by atoms with Crippen LogP contribution in [0.1, 0.15) is 26.3 Å². The second kappa shape index (κ2) is 5.26. The van der Waals surface area contributed by atoms with Crippen LogP contribution in [0.3, 0.4) is 0 Å². The molecule has 3 aromatic carbocycles. The molecule has 4 nitrogen and oxygen atoms in total. The maximum atomic E-state index is 13.8. The molecule has 4 aromatic rings. The predicted molar refractivity (Wildman–Crippen MR) is 96.4 cm³/mol. The fraction of sp³-hybridized carbons (Fsp3) is 0.0476. The fourth-order valence-corrected chi connectivity index (χ4v) is 3.65. The van der Waals surface area contributed by atoms with E-state index in [9.17, 15) is 14.0 Å². The van der Waals surface area contributed by atoms with Gasteiger partial charge in [0.05, 0.1) is 17.7 Å². The number of benzene rings is 3. The minimum absolute atomic E-state index is 0.214. The number of hydrogen-bond donors (Lipinski definition) is 1. The van der Waals surface area contributed by atoms with E-state index >= 15 is 0 Å². The number of aromatic nitrogens is 1. The minimum Gasteiger partial charge on any atom is -0.354 e. The number of halogens is 1. The largest absolute Gasteiger partial charge is 0.354 e. The summed E-state index contributed by atoms with van der Waals surface area (Å²) in [5.41, 5.74) is 3.04. The van der Waals surface area contributed by atoms with Crippen LogP contribution in [0, 0.1) is 5.82 Å². The Morgan fingerprint density at radius 3 is 2.46 bits per heavy atom. The first kappa shape index (κ1) is 14.8. The number of imide groups is 1. The van der Waals surface area contributed by atoms with Crippen molar-refractivity contribution in [3.05, 3.63) is 83.2 Å². The Balaban J connectivity index is 1.71. The predicted octanol–water partition coefficient (Wildman–Crippen LogP) is 4.26. The lowest BCUT2D eigenvalue weighted by atomic mass is 10.0. The molecule has 0 spiro atoms. The molecule has 5 rings (SSSR count). The molecule has 0 radical (unpaired) electrons. The Hall–Kier alpha value is -3.47. The highest BCUT2D eigenvalue weighted by Crippen LogP contribution is 2.36. The summed E-state index contributed by atoms with van der Waals surface area (Å²) in [6, 6.07) is 17.2. The summed E-state index contributed by atoms with van der Waals surface area (Å²) in [7, 11) is 0. The zero-order valence-corrected chi connectivity index (χ0v) is 13.6. The van der Waals surface area contributed by atoms with Crippen molar-refractivity contribution in [3.8, 4) is 0 Å². The van der Waals surface area contributed by atoms with E-state index in [0.29, 0.717) is 27.4 Å². The van der Waals surface area contributed by atoms with Gasteiger partial charge in [-0.2, -0.15) is 0 Å². The van der Waals surface area contributed by atoms with E-state index in [-0.39, 0.29) is 24.2 Å². The van der Waals surface area contributed by atoms with Gasteiger partial charge in [-0.25, -0.2) is 4.39 Å². The van der Waals surface area contributed by atoms with Crippen LogP contribution in [0.15, 0.2) is 60.7 Å². The van der Waals surface area contributed by atoms with Gasteiger partial charge in [-0.15, -0.1) is 0 Å². The monoisotopic (exact) mass is 344 g/mol. The van der Waals surface area contributed by atoms with Gasteiger partial charge in [0.25, 0.3) is 11.8 Å². The summed E-state index contributed by atoms with van der Waals surface area (Å²) in [4.78, 5) is 30.3. The van der Waals surface area contributed by atoms with E-state index < -0.39 is 0 Å². The topological polar surface area (TPSA) is 53.2 Å². The first-order valence-electron chi connectivity index (χ1n) is 8.27. The maximum absolute atomic E-state index is 13.8. The standard InChI is InChI=1S/C21H13FN2O2/c22-13-6-8-16-15(10-13)18-17(23-16)9-7-14-19(18)21(26)24(20(14)25)11-12-4-2-1-3-5-12/h1-10,23H,11H2. The van der Waals surface area contributed by atoms with Gasteiger partial charge in [0.1, 0.15) is 5.82 Å². The van der Waals surface area contributed by atoms with Crippen molar-refractivity contribution in [2.45, 2.75) is 6.54 Å². The van der Waals surface area contributed by atoms with Crippen LogP contribution < -0.4 is 0 Å². The molecular weight excluding hydrogens is 331 g/mol. The molecule has 2 heterocycles. The van der Waals surface area contributed by atoms with E-state index in [1.807, 2.05) is 30.3 Å². The Labute approximate surface area is 147 Å².